The molecule has 178 valence electrons. The van der Waals surface area contributed by atoms with Crippen molar-refractivity contribution in [3.05, 3.63) is 58.9 Å². The number of nitrogens with one attached hydrogen (secondary N) is 1. The zero-order valence-corrected chi connectivity index (χ0v) is 17.7. The van der Waals surface area contributed by atoms with Crippen LogP contribution in [-0.2, 0) is 14.3 Å². The monoisotopic (exact) mass is 473 g/mol. The highest BCUT2D eigenvalue weighted by Gasteiger charge is 2.68. The van der Waals surface area contributed by atoms with E-state index in [1.807, 2.05) is 0 Å². The summed E-state index contributed by atoms with van der Waals surface area (Å²) in [6, 6.07) is 4.26. The number of alkyl halides is 3. The standard InChI is InChI=1S/C21H20F5N3O4/c1-9-11(4-5-12(22)15(9)23)14-16(33-20(2,17(14)32-3)21(24,25)26)19(31)29-10-6-7-28-13(8-10)18(27)30/h4-8,14,16-17H,1-3H3,(H2,27,30)(H,28,29,31)/t14-,16+,17-,20+/m0/s1. The fourth-order valence-electron chi connectivity index (χ4n) is 3.93. The number of rotatable bonds is 5. The number of carbonyl (C=O) groups excluding carboxylic acids is 2. The zero-order chi connectivity index (χ0) is 24.7. The first-order valence-corrected chi connectivity index (χ1v) is 9.60. The number of hydrogen-bond acceptors (Lipinski definition) is 5. The minimum absolute atomic E-state index is 0.0164. The Hall–Kier alpha value is -3.12. The predicted molar refractivity (Wildman–Crippen MR) is 105 cm³/mol. The lowest BCUT2D eigenvalue weighted by molar-refractivity contribution is -0.283. The Morgan fingerprint density at radius 1 is 1.24 bits per heavy atom. The third kappa shape index (κ3) is 4.27. The fraction of sp³-hybridized carbons (Fsp3) is 0.381. The van der Waals surface area contributed by atoms with Crippen LogP contribution in [0.25, 0.3) is 0 Å². The van der Waals surface area contributed by atoms with Gasteiger partial charge in [-0.25, -0.2) is 8.78 Å². The molecule has 0 saturated carbocycles. The molecule has 2 heterocycles. The van der Waals surface area contributed by atoms with Gasteiger partial charge in [0.05, 0.1) is 0 Å². The normalized spacial score (nSPS) is 25.2. The summed E-state index contributed by atoms with van der Waals surface area (Å²) in [4.78, 5) is 28.1. The topological polar surface area (TPSA) is 104 Å². The highest BCUT2D eigenvalue weighted by Crippen LogP contribution is 2.51. The maximum atomic E-state index is 14.3. The molecule has 1 saturated heterocycles. The van der Waals surface area contributed by atoms with E-state index in [1.165, 1.54) is 19.2 Å². The number of hydrogen-bond donors (Lipinski definition) is 2. The first-order chi connectivity index (χ1) is 15.3. The molecule has 3 N–H and O–H groups in total. The summed E-state index contributed by atoms with van der Waals surface area (Å²) in [5, 5.41) is 2.36. The van der Waals surface area contributed by atoms with Gasteiger partial charge in [0.1, 0.15) is 17.9 Å². The van der Waals surface area contributed by atoms with Crippen LogP contribution in [0.1, 0.15) is 34.5 Å². The van der Waals surface area contributed by atoms with Crippen molar-refractivity contribution in [2.75, 3.05) is 12.4 Å². The zero-order valence-electron chi connectivity index (χ0n) is 17.7. The second kappa shape index (κ2) is 8.67. The molecule has 1 aliphatic heterocycles. The third-order valence-corrected chi connectivity index (χ3v) is 5.66. The highest BCUT2D eigenvalue weighted by atomic mass is 19.4. The van der Waals surface area contributed by atoms with Crippen LogP contribution in [0.15, 0.2) is 30.5 Å². The molecule has 1 aliphatic rings. The summed E-state index contributed by atoms with van der Waals surface area (Å²) >= 11 is 0. The lowest BCUT2D eigenvalue weighted by atomic mass is 9.81. The van der Waals surface area contributed by atoms with Gasteiger partial charge in [0.15, 0.2) is 17.2 Å². The number of halogens is 5. The molecule has 12 heteroatoms. The molecule has 0 unspecified atom stereocenters. The molecule has 1 aromatic carbocycles. The van der Waals surface area contributed by atoms with Gasteiger partial charge in [-0.1, -0.05) is 6.07 Å². The molecule has 7 nitrogen and oxygen atoms in total. The van der Waals surface area contributed by atoms with Crippen LogP contribution in [0.5, 0.6) is 0 Å². The number of carbonyl (C=O) groups is 2. The lowest BCUT2D eigenvalue weighted by Gasteiger charge is -2.33. The number of ether oxygens (including phenoxy) is 2. The summed E-state index contributed by atoms with van der Waals surface area (Å²) in [6.45, 7) is 1.90. The summed E-state index contributed by atoms with van der Waals surface area (Å²) < 4.78 is 80.3. The molecule has 0 radical (unpaired) electrons. The van der Waals surface area contributed by atoms with Gasteiger partial charge in [-0.2, -0.15) is 13.2 Å². The number of anilines is 1. The van der Waals surface area contributed by atoms with E-state index in [0.29, 0.717) is 6.92 Å². The van der Waals surface area contributed by atoms with E-state index in [0.717, 1.165) is 25.3 Å². The molecule has 1 fully saturated rings. The number of pyridine rings is 1. The summed E-state index contributed by atoms with van der Waals surface area (Å²) in [5.41, 5.74) is 1.67. The van der Waals surface area contributed by atoms with Crippen LogP contribution < -0.4 is 11.1 Å². The van der Waals surface area contributed by atoms with Gasteiger partial charge in [-0.05, 0) is 43.2 Å². The lowest BCUT2D eigenvalue weighted by Crippen LogP contribution is -2.51. The quantitative estimate of drug-likeness (QED) is 0.650. The number of methoxy groups -OCH3 is 1. The average Bonchev–Trinajstić information content (AvgIpc) is 3.06. The summed E-state index contributed by atoms with van der Waals surface area (Å²) in [7, 11) is 1.00. The van der Waals surface area contributed by atoms with Gasteiger partial charge in [0.2, 0.25) is 0 Å². The molecule has 33 heavy (non-hydrogen) atoms. The maximum absolute atomic E-state index is 14.3. The molecule has 0 aliphatic carbocycles. The Morgan fingerprint density at radius 3 is 2.48 bits per heavy atom. The Labute approximate surface area is 185 Å². The van der Waals surface area contributed by atoms with Crippen molar-refractivity contribution in [1.29, 1.82) is 0 Å². The van der Waals surface area contributed by atoms with E-state index in [-0.39, 0.29) is 22.5 Å². The van der Waals surface area contributed by atoms with Crippen LogP contribution in [0.2, 0.25) is 0 Å². The number of amides is 2. The molecule has 0 spiro atoms. The van der Waals surface area contributed by atoms with E-state index in [9.17, 15) is 31.5 Å². The molecule has 3 rings (SSSR count). The van der Waals surface area contributed by atoms with Crippen molar-refractivity contribution in [2.24, 2.45) is 5.73 Å². The molecule has 4 atom stereocenters. The molecule has 1 aromatic heterocycles. The van der Waals surface area contributed by atoms with Gasteiger partial charge in [-0.3, -0.25) is 14.6 Å². The Morgan fingerprint density at radius 2 is 1.91 bits per heavy atom. The van der Waals surface area contributed by atoms with Crippen molar-refractivity contribution in [2.45, 2.75) is 43.8 Å². The number of nitrogens with two attached hydrogens (primary N) is 1. The smallest absolute Gasteiger partial charge is 0.377 e. The van der Waals surface area contributed by atoms with Crippen LogP contribution >= 0.6 is 0 Å². The minimum Gasteiger partial charge on any atom is -0.377 e. The van der Waals surface area contributed by atoms with Crippen LogP contribution in [0, 0.1) is 18.6 Å². The predicted octanol–water partition coefficient (Wildman–Crippen LogP) is 3.22. The average molecular weight is 473 g/mol. The van der Waals surface area contributed by atoms with E-state index < -0.39 is 53.4 Å². The van der Waals surface area contributed by atoms with E-state index in [2.05, 4.69) is 10.3 Å². The Bertz CT molecular complexity index is 1090. The van der Waals surface area contributed by atoms with Gasteiger partial charge < -0.3 is 20.5 Å². The van der Waals surface area contributed by atoms with E-state index >= 15 is 0 Å². The summed E-state index contributed by atoms with van der Waals surface area (Å²) in [6.07, 6.45) is -7.38. The number of benzene rings is 1. The van der Waals surface area contributed by atoms with Crippen molar-refractivity contribution in [3.63, 3.8) is 0 Å². The molecule has 0 bridgehead atoms. The van der Waals surface area contributed by atoms with Crippen molar-refractivity contribution in [1.82, 2.24) is 4.98 Å². The molecular formula is C21H20F5N3O4. The molecule has 2 aromatic rings. The minimum atomic E-state index is -4.97. The second-order valence-corrected chi connectivity index (χ2v) is 7.68. The number of nitrogens with zero attached hydrogens (tertiary/aromatic N) is 1. The van der Waals surface area contributed by atoms with Crippen LogP contribution in [0.4, 0.5) is 27.6 Å². The number of primary amides is 1. The van der Waals surface area contributed by atoms with Crippen LogP contribution in [0.3, 0.4) is 0 Å². The van der Waals surface area contributed by atoms with Gasteiger partial charge in [-0.15, -0.1) is 0 Å². The molecule has 2 amide bonds. The SMILES string of the molecule is CO[C@H]1[C@@H](c2ccc(F)c(F)c2C)[C@H](C(=O)Nc2ccnc(C(N)=O)c2)O[C@@]1(C)C(F)(F)F. The van der Waals surface area contributed by atoms with Gasteiger partial charge >= 0.3 is 6.18 Å². The van der Waals surface area contributed by atoms with Gasteiger partial charge in [0, 0.05) is 24.9 Å². The van der Waals surface area contributed by atoms with Crippen LogP contribution in [-0.4, -0.2) is 47.9 Å². The first kappa shape index (κ1) is 24.5. The summed E-state index contributed by atoms with van der Waals surface area (Å²) in [5.74, 6) is -5.82. The fourth-order valence-corrected chi connectivity index (χ4v) is 3.93. The first-order valence-electron chi connectivity index (χ1n) is 9.60. The number of aromatic nitrogens is 1. The van der Waals surface area contributed by atoms with E-state index in [1.54, 1.807) is 0 Å². The third-order valence-electron chi connectivity index (χ3n) is 5.66. The highest BCUT2D eigenvalue weighted by molar-refractivity contribution is 5.97. The largest absolute Gasteiger partial charge is 0.419 e. The van der Waals surface area contributed by atoms with Crippen molar-refractivity contribution in [3.8, 4) is 0 Å². The molecular weight excluding hydrogens is 453 g/mol. The van der Waals surface area contributed by atoms with Crippen molar-refractivity contribution >= 4 is 17.5 Å². The maximum Gasteiger partial charge on any atom is 0.419 e. The Kier molecular flexibility index (Phi) is 6.44. The second-order valence-electron chi connectivity index (χ2n) is 7.68. The Balaban J connectivity index is 2.08. The van der Waals surface area contributed by atoms with Crippen molar-refractivity contribution < 1.29 is 41.0 Å². The van der Waals surface area contributed by atoms with E-state index in [4.69, 9.17) is 15.2 Å². The van der Waals surface area contributed by atoms with Gasteiger partial charge in [0.25, 0.3) is 11.8 Å².